The molecular weight excluding hydrogens is 288 g/mol. The molecule has 0 bridgehead atoms. The van der Waals surface area contributed by atoms with Crippen LogP contribution in [0.4, 0.5) is 0 Å². The smallest absolute Gasteiger partial charge is 0.339 e. The van der Waals surface area contributed by atoms with Gasteiger partial charge in [0.2, 0.25) is 0 Å². The number of ether oxygens (including phenoxy) is 1. The maximum atomic E-state index is 11.2. The van der Waals surface area contributed by atoms with E-state index in [1.54, 1.807) is 19.2 Å². The molecule has 1 aromatic heterocycles. The molecule has 4 nitrogen and oxygen atoms in total. The zero-order valence-electron chi connectivity index (χ0n) is 9.41. The molecule has 0 spiro atoms. The fourth-order valence-corrected chi connectivity index (χ4v) is 2.29. The second-order valence-corrected chi connectivity index (χ2v) is 4.40. The summed E-state index contributed by atoms with van der Waals surface area (Å²) in [4.78, 5) is 11.2. The van der Waals surface area contributed by atoms with Crippen molar-refractivity contribution in [2.75, 3.05) is 7.11 Å². The Balaban J connectivity index is 2.79. The average Bonchev–Trinajstić information content (AvgIpc) is 2.65. The molecule has 0 amide bonds. The summed E-state index contributed by atoms with van der Waals surface area (Å²) in [7, 11) is 1.55. The zero-order valence-corrected chi connectivity index (χ0v) is 11.0. The Bertz CT molecular complexity index is 586. The van der Waals surface area contributed by atoms with Crippen molar-refractivity contribution in [3.8, 4) is 5.75 Å². The van der Waals surface area contributed by atoms with Gasteiger partial charge in [0, 0.05) is 17.9 Å². The standard InChI is InChI=1S/C12H11BrO4/c1-3-8-11(12(14)15)6-4-7(13)10(16-2)5-9(6)17-8/h4-5H,3H2,1-2H3,(H,14,15). The van der Waals surface area contributed by atoms with Crippen molar-refractivity contribution in [3.05, 3.63) is 27.9 Å². The lowest BCUT2D eigenvalue weighted by molar-refractivity contribution is 0.0696. The van der Waals surface area contributed by atoms with E-state index in [1.165, 1.54) is 0 Å². The lowest BCUT2D eigenvalue weighted by Gasteiger charge is -2.02. The van der Waals surface area contributed by atoms with Crippen LogP contribution in [0.1, 0.15) is 23.0 Å². The van der Waals surface area contributed by atoms with Gasteiger partial charge in [-0.3, -0.25) is 0 Å². The third-order valence-electron chi connectivity index (χ3n) is 2.57. The van der Waals surface area contributed by atoms with Gasteiger partial charge >= 0.3 is 5.97 Å². The van der Waals surface area contributed by atoms with Gasteiger partial charge in [-0.2, -0.15) is 0 Å². The van der Waals surface area contributed by atoms with E-state index in [9.17, 15) is 9.90 Å². The van der Waals surface area contributed by atoms with Gasteiger partial charge in [0.05, 0.1) is 11.6 Å². The normalized spacial score (nSPS) is 10.8. The molecule has 0 saturated carbocycles. The van der Waals surface area contributed by atoms with Crippen LogP contribution in [0.2, 0.25) is 0 Å². The number of furan rings is 1. The summed E-state index contributed by atoms with van der Waals surface area (Å²) >= 11 is 3.33. The second kappa shape index (κ2) is 4.41. The zero-order chi connectivity index (χ0) is 12.6. The number of carboxylic acid groups (broad SMARTS) is 1. The molecule has 0 saturated heterocycles. The molecule has 90 valence electrons. The first-order valence-corrected chi connectivity index (χ1v) is 5.90. The Labute approximate surface area is 106 Å². The first-order valence-electron chi connectivity index (χ1n) is 5.10. The molecule has 2 aromatic rings. The first-order chi connectivity index (χ1) is 8.08. The van der Waals surface area contributed by atoms with E-state index in [-0.39, 0.29) is 5.56 Å². The van der Waals surface area contributed by atoms with Gasteiger partial charge in [-0.1, -0.05) is 6.92 Å². The van der Waals surface area contributed by atoms with Crippen molar-refractivity contribution in [2.45, 2.75) is 13.3 Å². The number of aryl methyl sites for hydroxylation is 1. The largest absolute Gasteiger partial charge is 0.495 e. The van der Waals surface area contributed by atoms with Crippen molar-refractivity contribution in [2.24, 2.45) is 0 Å². The number of aromatic carboxylic acids is 1. The molecule has 1 N–H and O–H groups in total. The van der Waals surface area contributed by atoms with E-state index < -0.39 is 5.97 Å². The summed E-state index contributed by atoms with van der Waals surface area (Å²) in [6, 6.07) is 3.39. The number of carbonyl (C=O) groups is 1. The molecule has 0 aliphatic rings. The van der Waals surface area contributed by atoms with Gasteiger partial charge in [-0.25, -0.2) is 4.79 Å². The van der Waals surface area contributed by atoms with Gasteiger partial charge in [0.15, 0.2) is 0 Å². The lowest BCUT2D eigenvalue weighted by atomic mass is 10.1. The van der Waals surface area contributed by atoms with Crippen molar-refractivity contribution in [1.29, 1.82) is 0 Å². The van der Waals surface area contributed by atoms with Crippen LogP contribution < -0.4 is 4.74 Å². The van der Waals surface area contributed by atoms with E-state index in [0.717, 1.165) is 0 Å². The molecule has 17 heavy (non-hydrogen) atoms. The van der Waals surface area contributed by atoms with Crippen LogP contribution >= 0.6 is 15.9 Å². The van der Waals surface area contributed by atoms with Crippen LogP contribution in [-0.4, -0.2) is 18.2 Å². The molecule has 0 unspecified atom stereocenters. The fourth-order valence-electron chi connectivity index (χ4n) is 1.79. The van der Waals surface area contributed by atoms with Crippen LogP contribution in [-0.2, 0) is 6.42 Å². The highest BCUT2D eigenvalue weighted by molar-refractivity contribution is 9.10. The Morgan fingerprint density at radius 1 is 1.53 bits per heavy atom. The Hall–Kier alpha value is -1.49. The molecular formula is C12H11BrO4. The van der Waals surface area contributed by atoms with Crippen LogP contribution in [0.15, 0.2) is 21.0 Å². The highest BCUT2D eigenvalue weighted by Crippen LogP contribution is 2.35. The minimum atomic E-state index is -0.974. The number of hydrogen-bond acceptors (Lipinski definition) is 3. The minimum absolute atomic E-state index is 0.228. The maximum absolute atomic E-state index is 11.2. The molecule has 0 aliphatic carbocycles. The molecule has 2 rings (SSSR count). The number of methoxy groups -OCH3 is 1. The Morgan fingerprint density at radius 2 is 2.24 bits per heavy atom. The first kappa shape index (κ1) is 12.0. The van der Waals surface area contributed by atoms with Crippen LogP contribution in [0.25, 0.3) is 11.0 Å². The SMILES string of the molecule is CCc1oc2cc(OC)c(Br)cc2c1C(=O)O. The predicted molar refractivity (Wildman–Crippen MR) is 66.8 cm³/mol. The van der Waals surface area contributed by atoms with Gasteiger partial charge in [0.25, 0.3) is 0 Å². The molecule has 5 heteroatoms. The monoisotopic (exact) mass is 298 g/mol. The molecule has 1 heterocycles. The summed E-state index contributed by atoms with van der Waals surface area (Å²) < 4.78 is 11.4. The minimum Gasteiger partial charge on any atom is -0.495 e. The van der Waals surface area contributed by atoms with Gasteiger partial charge in [-0.05, 0) is 22.0 Å². The summed E-state index contributed by atoms with van der Waals surface area (Å²) in [6.07, 6.45) is 0.538. The third-order valence-corrected chi connectivity index (χ3v) is 3.19. The molecule has 0 radical (unpaired) electrons. The summed E-state index contributed by atoms with van der Waals surface area (Å²) in [5.74, 6) is 0.121. The van der Waals surface area contributed by atoms with Crippen molar-refractivity contribution < 1.29 is 19.1 Å². The van der Waals surface area contributed by atoms with Crippen LogP contribution in [0, 0.1) is 0 Å². The van der Waals surface area contributed by atoms with Crippen molar-refractivity contribution >= 4 is 32.9 Å². The second-order valence-electron chi connectivity index (χ2n) is 3.54. The lowest BCUT2D eigenvalue weighted by Crippen LogP contribution is -1.98. The summed E-state index contributed by atoms with van der Waals surface area (Å²) in [6.45, 7) is 1.86. The van der Waals surface area contributed by atoms with Gasteiger partial charge < -0.3 is 14.3 Å². The number of rotatable bonds is 3. The number of hydrogen-bond donors (Lipinski definition) is 1. The highest BCUT2D eigenvalue weighted by Gasteiger charge is 2.20. The predicted octanol–water partition coefficient (Wildman–Crippen LogP) is 3.46. The summed E-state index contributed by atoms with van der Waals surface area (Å²) in [5, 5.41) is 9.78. The molecule has 0 fully saturated rings. The summed E-state index contributed by atoms with van der Waals surface area (Å²) in [5.41, 5.74) is 0.755. The van der Waals surface area contributed by atoms with E-state index in [2.05, 4.69) is 15.9 Å². The van der Waals surface area contributed by atoms with E-state index in [1.807, 2.05) is 6.92 Å². The number of benzene rings is 1. The van der Waals surface area contributed by atoms with Gasteiger partial charge in [-0.15, -0.1) is 0 Å². The fraction of sp³-hybridized carbons (Fsp3) is 0.250. The quantitative estimate of drug-likeness (QED) is 0.942. The number of fused-ring (bicyclic) bond motifs is 1. The molecule has 1 aromatic carbocycles. The van der Waals surface area contributed by atoms with E-state index in [0.29, 0.717) is 33.4 Å². The average molecular weight is 299 g/mol. The third kappa shape index (κ3) is 1.91. The number of carboxylic acids is 1. The van der Waals surface area contributed by atoms with Crippen LogP contribution in [0.3, 0.4) is 0 Å². The highest BCUT2D eigenvalue weighted by atomic mass is 79.9. The van der Waals surface area contributed by atoms with E-state index in [4.69, 9.17) is 9.15 Å². The van der Waals surface area contributed by atoms with Crippen molar-refractivity contribution in [1.82, 2.24) is 0 Å². The van der Waals surface area contributed by atoms with Crippen LogP contribution in [0.5, 0.6) is 5.75 Å². The van der Waals surface area contributed by atoms with Crippen molar-refractivity contribution in [3.63, 3.8) is 0 Å². The Kier molecular flexibility index (Phi) is 3.11. The van der Waals surface area contributed by atoms with Gasteiger partial charge in [0.1, 0.15) is 22.7 Å². The van der Waals surface area contributed by atoms with E-state index >= 15 is 0 Å². The topological polar surface area (TPSA) is 59.7 Å². The Morgan fingerprint density at radius 3 is 2.76 bits per heavy atom. The number of halogens is 1. The molecule has 0 atom stereocenters. The maximum Gasteiger partial charge on any atom is 0.339 e. The molecule has 0 aliphatic heterocycles.